The van der Waals surface area contributed by atoms with Gasteiger partial charge in [-0.25, -0.2) is 19.3 Å². The van der Waals surface area contributed by atoms with Gasteiger partial charge in [-0.1, -0.05) is 12.1 Å². The fourth-order valence-corrected chi connectivity index (χ4v) is 6.09. The molecule has 1 aliphatic heterocycles. The van der Waals surface area contributed by atoms with E-state index in [1.54, 1.807) is 24.0 Å². The van der Waals surface area contributed by atoms with E-state index in [1.807, 2.05) is 45.0 Å². The highest BCUT2D eigenvalue weighted by Crippen LogP contribution is 2.39. The molecule has 0 atom stereocenters. The Morgan fingerprint density at radius 1 is 1.04 bits per heavy atom. The number of hydrogen-bond acceptors (Lipinski definition) is 7. The van der Waals surface area contributed by atoms with Gasteiger partial charge in [-0.2, -0.15) is 13.9 Å². The summed E-state index contributed by atoms with van der Waals surface area (Å²) in [7, 11) is 0. The topological polar surface area (TPSA) is 95.8 Å². The third kappa shape index (κ3) is 7.82. The van der Waals surface area contributed by atoms with Crippen LogP contribution in [-0.4, -0.2) is 57.1 Å². The lowest BCUT2D eigenvalue weighted by atomic mass is 9.90. The zero-order chi connectivity index (χ0) is 32.4. The summed E-state index contributed by atoms with van der Waals surface area (Å²) in [5, 5.41) is 4.10. The molecule has 12 heteroatoms. The minimum Gasteiger partial charge on any atom is -0.489 e. The smallest absolute Gasteiger partial charge is 0.410 e. The second-order valence-electron chi connectivity index (χ2n) is 12.1. The summed E-state index contributed by atoms with van der Waals surface area (Å²) in [4.78, 5) is 31.4. The van der Waals surface area contributed by atoms with Crippen LogP contribution in [0.5, 0.6) is 5.75 Å². The molecule has 0 saturated carbocycles. The maximum Gasteiger partial charge on any atom is 0.410 e. The lowest BCUT2D eigenvalue weighted by Gasteiger charge is -2.31. The number of hydrogen-bond donors (Lipinski definition) is 0. The van der Waals surface area contributed by atoms with Gasteiger partial charge in [0.1, 0.15) is 29.2 Å². The third-order valence-corrected chi connectivity index (χ3v) is 8.14. The molecule has 2 aromatic heterocycles. The Kier molecular flexibility index (Phi) is 9.80. The Labute approximate surface area is 275 Å². The van der Waals surface area contributed by atoms with Crippen molar-refractivity contribution < 1.29 is 32.6 Å². The lowest BCUT2D eigenvalue weighted by molar-refractivity contribution is 0.0223. The van der Waals surface area contributed by atoms with Gasteiger partial charge < -0.3 is 19.1 Å². The number of rotatable bonds is 8. The number of ether oxygens (including phenoxy) is 3. The molecule has 0 spiro atoms. The Balaban J connectivity index is 1.35. The average Bonchev–Trinajstić information content (AvgIpc) is 3.46. The molecule has 3 heterocycles. The molecule has 1 aliphatic carbocycles. The quantitative estimate of drug-likeness (QED) is 0.134. The second kappa shape index (κ2) is 13.4. The predicted octanol–water partition coefficient (Wildman–Crippen LogP) is 7.63. The van der Waals surface area contributed by atoms with Gasteiger partial charge in [-0.3, -0.25) is 0 Å². The van der Waals surface area contributed by atoms with E-state index < -0.39 is 21.2 Å². The van der Waals surface area contributed by atoms with Crippen molar-refractivity contribution >= 4 is 40.2 Å². The average molecular weight is 735 g/mol. The van der Waals surface area contributed by atoms with Gasteiger partial charge in [0, 0.05) is 35.7 Å². The van der Waals surface area contributed by atoms with Gasteiger partial charge in [-0.15, -0.1) is 0 Å². The van der Waals surface area contributed by atoms with Crippen LogP contribution in [0.15, 0.2) is 48.2 Å². The van der Waals surface area contributed by atoms with Crippen molar-refractivity contribution in [3.63, 3.8) is 0 Å². The highest BCUT2D eigenvalue weighted by atomic mass is 127. The number of pyridine rings is 1. The van der Waals surface area contributed by atoms with Gasteiger partial charge in [0.05, 0.1) is 18.5 Å². The first-order valence-electron chi connectivity index (χ1n) is 15.1. The van der Waals surface area contributed by atoms with Crippen LogP contribution in [0.1, 0.15) is 86.3 Å². The monoisotopic (exact) mass is 734 g/mol. The molecule has 0 fully saturated rings. The maximum atomic E-state index is 14.7. The Hall–Kier alpha value is -3.55. The highest BCUT2D eigenvalue weighted by molar-refractivity contribution is 14.1. The number of carbonyl (C=O) groups excluding carboxylic acids is 2. The molecule has 0 unspecified atom stereocenters. The summed E-state index contributed by atoms with van der Waals surface area (Å²) in [5.41, 5.74) is 3.59. The summed E-state index contributed by atoms with van der Waals surface area (Å²) < 4.78 is 43.9. The number of benzene rings is 1. The van der Waals surface area contributed by atoms with E-state index in [0.29, 0.717) is 31.8 Å². The minimum absolute atomic E-state index is 0.0567. The minimum atomic E-state index is -3.39. The summed E-state index contributed by atoms with van der Waals surface area (Å²) in [5.74, 6) is 0.0709. The van der Waals surface area contributed by atoms with Crippen LogP contribution in [-0.2, 0) is 26.4 Å². The Morgan fingerprint density at radius 2 is 1.82 bits per heavy atom. The number of esters is 1. The van der Waals surface area contributed by atoms with Crippen molar-refractivity contribution in [2.75, 3.05) is 19.8 Å². The zero-order valence-electron chi connectivity index (χ0n) is 25.9. The van der Waals surface area contributed by atoms with Crippen LogP contribution in [0.3, 0.4) is 0 Å². The molecule has 240 valence electrons. The first-order chi connectivity index (χ1) is 21.3. The van der Waals surface area contributed by atoms with Gasteiger partial charge >= 0.3 is 16.0 Å². The Morgan fingerprint density at radius 3 is 2.56 bits per heavy atom. The normalized spacial score (nSPS) is 15.5. The number of halogens is 3. The highest BCUT2D eigenvalue weighted by Gasteiger charge is 2.38. The molecule has 0 N–H and O–H groups in total. The standard InChI is InChI=1S/C33H37F2IN4O5/c1-5-43-30(41)26-18-37-40(29(26)33(34,35)36)28-12-8-11-27(38-28)25-10-7-6-9-23(25)20-44-24-14-13-22-19-39(16-15-21(22)17-24)31(42)45-32(2,3)4/h8,11-14,17-18H,5-7,9-10,15-16,19-20H2,1-4H3. The fraction of sp³-hybridized carbons (Fsp3) is 0.455. The van der Waals surface area contributed by atoms with Crippen LogP contribution in [0, 0.1) is 0 Å². The van der Waals surface area contributed by atoms with Crippen molar-refractivity contribution in [2.45, 2.75) is 75.9 Å². The molecular formula is C33H37F2IN4O5. The van der Waals surface area contributed by atoms with E-state index in [2.05, 4.69) is 5.10 Å². The molecule has 1 aromatic carbocycles. The van der Waals surface area contributed by atoms with Gasteiger partial charge in [0.2, 0.25) is 0 Å². The summed E-state index contributed by atoms with van der Waals surface area (Å²) in [6.45, 7) is 8.68. The molecule has 3 aromatic rings. The van der Waals surface area contributed by atoms with Crippen molar-refractivity contribution in [3.05, 3.63) is 76.2 Å². The van der Waals surface area contributed by atoms with Gasteiger partial charge in [-0.05, 0) is 106 Å². The second-order valence-corrected chi connectivity index (χ2v) is 13.4. The van der Waals surface area contributed by atoms with E-state index in [9.17, 15) is 18.4 Å². The summed E-state index contributed by atoms with van der Waals surface area (Å²) in [6.07, 6.45) is 5.10. The fourth-order valence-electron chi connectivity index (χ4n) is 5.57. The first-order valence-corrected chi connectivity index (χ1v) is 16.2. The van der Waals surface area contributed by atoms with E-state index in [0.717, 1.165) is 87.2 Å². The molecule has 2 aliphatic rings. The van der Waals surface area contributed by atoms with Crippen LogP contribution >= 0.6 is 22.6 Å². The number of amides is 1. The Bertz CT molecular complexity index is 1610. The van der Waals surface area contributed by atoms with Gasteiger partial charge in [0.25, 0.3) is 0 Å². The van der Waals surface area contributed by atoms with Crippen molar-refractivity contribution in [1.82, 2.24) is 19.7 Å². The van der Waals surface area contributed by atoms with Crippen LogP contribution in [0.4, 0.5) is 13.6 Å². The van der Waals surface area contributed by atoms with Crippen molar-refractivity contribution in [3.8, 4) is 11.6 Å². The van der Waals surface area contributed by atoms with Crippen LogP contribution < -0.4 is 4.74 Å². The van der Waals surface area contributed by atoms with Crippen LogP contribution in [0.25, 0.3) is 11.4 Å². The van der Waals surface area contributed by atoms with E-state index in [-0.39, 0.29) is 24.1 Å². The van der Waals surface area contributed by atoms with E-state index in [1.165, 1.54) is 0 Å². The summed E-state index contributed by atoms with van der Waals surface area (Å²) >= 11 is 0.993. The third-order valence-electron chi connectivity index (χ3n) is 7.63. The molecule has 0 saturated heterocycles. The summed E-state index contributed by atoms with van der Waals surface area (Å²) in [6, 6.07) is 11.2. The molecule has 45 heavy (non-hydrogen) atoms. The van der Waals surface area contributed by atoms with Crippen LogP contribution in [0.2, 0.25) is 0 Å². The molecule has 9 nitrogen and oxygen atoms in total. The molecule has 1 amide bonds. The number of nitrogens with zero attached hydrogens (tertiary/aromatic N) is 4. The van der Waals surface area contributed by atoms with Crippen molar-refractivity contribution in [2.24, 2.45) is 0 Å². The number of allylic oxidation sites excluding steroid dienone is 1. The largest absolute Gasteiger partial charge is 0.489 e. The number of carbonyl (C=O) groups is 2. The first kappa shape index (κ1) is 32.8. The predicted molar refractivity (Wildman–Crippen MR) is 173 cm³/mol. The van der Waals surface area contributed by atoms with Crippen molar-refractivity contribution in [1.29, 1.82) is 0 Å². The number of alkyl halides is 3. The molecular weight excluding hydrogens is 697 g/mol. The number of aromatic nitrogens is 3. The number of fused-ring (bicyclic) bond motifs is 1. The molecule has 5 rings (SSSR count). The van der Waals surface area contributed by atoms with E-state index >= 15 is 0 Å². The SMILES string of the molecule is CCOC(=O)c1cnn(-c2cccc(C3=C(COc4ccc5c(c4)CCN(C(=O)OC(C)(C)C)C5)CCCC3)n2)c1C(F)(F)I. The molecule has 0 bridgehead atoms. The lowest BCUT2D eigenvalue weighted by Crippen LogP contribution is -2.39. The zero-order valence-corrected chi connectivity index (χ0v) is 28.0. The van der Waals surface area contributed by atoms with Gasteiger partial charge in [0.15, 0.2) is 5.82 Å². The van der Waals surface area contributed by atoms with E-state index in [4.69, 9.17) is 19.2 Å². The molecule has 0 radical (unpaired) electrons. The maximum absolute atomic E-state index is 14.7.